The second-order valence-electron chi connectivity index (χ2n) is 9.40. The molecule has 0 aliphatic carbocycles. The van der Waals surface area contributed by atoms with Crippen molar-refractivity contribution in [1.82, 2.24) is 4.90 Å². The summed E-state index contributed by atoms with van der Waals surface area (Å²) in [5.74, 6) is 0.137. The van der Waals surface area contributed by atoms with E-state index in [0.717, 1.165) is 30.9 Å². The number of anilines is 1. The van der Waals surface area contributed by atoms with Crippen LogP contribution < -0.4 is 5.32 Å². The number of ketones is 1. The summed E-state index contributed by atoms with van der Waals surface area (Å²) < 4.78 is 0. The monoisotopic (exact) mass is 454 g/mol. The minimum atomic E-state index is -0.715. The number of hydrogen-bond acceptors (Lipinski definition) is 3. The summed E-state index contributed by atoms with van der Waals surface area (Å²) in [6.45, 7) is 6.31. The van der Waals surface area contributed by atoms with Crippen LogP contribution in [0, 0.1) is 5.92 Å². The van der Waals surface area contributed by atoms with E-state index in [2.05, 4.69) is 71.7 Å². The molecule has 0 bridgehead atoms. The van der Waals surface area contributed by atoms with Crippen molar-refractivity contribution in [2.75, 3.05) is 11.9 Å². The van der Waals surface area contributed by atoms with E-state index in [4.69, 9.17) is 0 Å². The normalized spacial score (nSPS) is 17.9. The molecule has 4 nitrogen and oxygen atoms in total. The van der Waals surface area contributed by atoms with Gasteiger partial charge in [0.1, 0.15) is 5.78 Å². The largest absolute Gasteiger partial charge is 0.325 e. The first-order valence-electron chi connectivity index (χ1n) is 12.3. The molecule has 1 N–H and O–H groups in total. The number of benzene rings is 3. The highest BCUT2D eigenvalue weighted by atomic mass is 16.2. The number of nitrogens with one attached hydrogen (secondary N) is 1. The SMILES string of the molecule is CCC(=O)C[C@@H](C)[C@@]1(CCN(Cc2ccccc2)Cc2ccccc2)C(=O)Nc2ccccc21. The Morgan fingerprint density at radius 1 is 0.882 bits per heavy atom. The van der Waals surface area contributed by atoms with Crippen molar-refractivity contribution < 1.29 is 9.59 Å². The van der Waals surface area contributed by atoms with Crippen LogP contribution in [-0.4, -0.2) is 23.1 Å². The minimum absolute atomic E-state index is 0.0180. The fourth-order valence-electron chi connectivity index (χ4n) is 5.21. The molecule has 4 rings (SSSR count). The van der Waals surface area contributed by atoms with Gasteiger partial charge in [-0.25, -0.2) is 0 Å². The van der Waals surface area contributed by atoms with Crippen LogP contribution in [0.5, 0.6) is 0 Å². The molecule has 2 atom stereocenters. The lowest BCUT2D eigenvalue weighted by Crippen LogP contribution is -2.44. The second kappa shape index (κ2) is 10.8. The van der Waals surface area contributed by atoms with Crippen LogP contribution in [0.2, 0.25) is 0 Å². The van der Waals surface area contributed by atoms with Gasteiger partial charge in [0.15, 0.2) is 0 Å². The number of nitrogens with zero attached hydrogens (tertiary/aromatic N) is 1. The minimum Gasteiger partial charge on any atom is -0.325 e. The molecule has 0 radical (unpaired) electrons. The number of carbonyl (C=O) groups excluding carboxylic acids is 2. The van der Waals surface area contributed by atoms with Gasteiger partial charge in [-0.3, -0.25) is 14.5 Å². The molecule has 0 aromatic heterocycles. The fraction of sp³-hybridized carbons (Fsp3) is 0.333. The van der Waals surface area contributed by atoms with Crippen LogP contribution in [0.15, 0.2) is 84.9 Å². The maximum atomic E-state index is 13.6. The molecule has 3 aromatic rings. The second-order valence-corrected chi connectivity index (χ2v) is 9.40. The highest BCUT2D eigenvalue weighted by Gasteiger charge is 2.50. The maximum Gasteiger partial charge on any atom is 0.235 e. The van der Waals surface area contributed by atoms with Crippen molar-refractivity contribution in [2.24, 2.45) is 5.92 Å². The molecule has 0 fully saturated rings. The molecule has 1 amide bonds. The fourth-order valence-corrected chi connectivity index (χ4v) is 5.21. The standard InChI is InChI=1S/C30H34N2O2/c1-3-26(33)20-23(2)30(27-16-10-11-17-28(27)31-29(30)34)18-19-32(21-24-12-6-4-7-13-24)22-25-14-8-5-9-15-25/h4-17,23H,3,18-22H2,1-2H3,(H,31,34)/t23-,30-/m1/s1. The van der Waals surface area contributed by atoms with Crippen LogP contribution in [0.3, 0.4) is 0 Å². The topological polar surface area (TPSA) is 49.4 Å². The van der Waals surface area contributed by atoms with Crippen molar-refractivity contribution in [2.45, 2.75) is 51.6 Å². The van der Waals surface area contributed by atoms with E-state index in [9.17, 15) is 9.59 Å². The van der Waals surface area contributed by atoms with Crippen LogP contribution in [0.4, 0.5) is 5.69 Å². The average molecular weight is 455 g/mol. The van der Waals surface area contributed by atoms with Crippen LogP contribution >= 0.6 is 0 Å². The molecule has 4 heteroatoms. The first kappa shape index (κ1) is 23.9. The van der Waals surface area contributed by atoms with Gasteiger partial charge in [0.25, 0.3) is 0 Å². The number of fused-ring (bicyclic) bond motifs is 1. The Kier molecular flexibility index (Phi) is 7.59. The zero-order chi connectivity index (χ0) is 24.0. The van der Waals surface area contributed by atoms with Gasteiger partial charge >= 0.3 is 0 Å². The molecule has 1 aliphatic heterocycles. The van der Waals surface area contributed by atoms with E-state index in [1.165, 1.54) is 11.1 Å². The van der Waals surface area contributed by atoms with Gasteiger partial charge in [-0.2, -0.15) is 0 Å². The Labute approximate surface area is 203 Å². The molecule has 0 spiro atoms. The van der Waals surface area contributed by atoms with Crippen LogP contribution in [0.25, 0.3) is 0 Å². The Bertz CT molecular complexity index is 1070. The molecule has 3 aromatic carbocycles. The van der Waals surface area contributed by atoms with E-state index < -0.39 is 5.41 Å². The van der Waals surface area contributed by atoms with Crippen LogP contribution in [-0.2, 0) is 28.1 Å². The summed E-state index contributed by atoms with van der Waals surface area (Å²) in [7, 11) is 0. The molecule has 176 valence electrons. The molecule has 1 aliphatic rings. The quantitative estimate of drug-likeness (QED) is 0.388. The Morgan fingerprint density at radius 3 is 2.03 bits per heavy atom. The third-order valence-electron chi connectivity index (χ3n) is 7.15. The Balaban J connectivity index is 1.63. The number of hydrogen-bond donors (Lipinski definition) is 1. The first-order valence-corrected chi connectivity index (χ1v) is 12.3. The highest BCUT2D eigenvalue weighted by Crippen LogP contribution is 2.47. The maximum absolute atomic E-state index is 13.6. The Hall–Kier alpha value is -3.24. The van der Waals surface area contributed by atoms with Crippen LogP contribution in [0.1, 0.15) is 49.8 Å². The molecular formula is C30H34N2O2. The van der Waals surface area contributed by atoms with E-state index >= 15 is 0 Å². The van der Waals surface area contributed by atoms with Gasteiger partial charge < -0.3 is 5.32 Å². The Morgan fingerprint density at radius 2 is 1.44 bits per heavy atom. The third-order valence-corrected chi connectivity index (χ3v) is 7.15. The number of Topliss-reactive ketones (excluding diaryl/α,β-unsaturated/α-hetero) is 1. The molecule has 1 heterocycles. The van der Waals surface area contributed by atoms with E-state index in [-0.39, 0.29) is 17.6 Å². The summed E-state index contributed by atoms with van der Waals surface area (Å²) >= 11 is 0. The smallest absolute Gasteiger partial charge is 0.235 e. The molecule has 0 saturated carbocycles. The number of rotatable bonds is 11. The lowest BCUT2D eigenvalue weighted by atomic mass is 9.67. The van der Waals surface area contributed by atoms with Gasteiger partial charge in [-0.15, -0.1) is 0 Å². The van der Waals surface area contributed by atoms with E-state index in [1.807, 2.05) is 37.3 Å². The highest BCUT2D eigenvalue weighted by molar-refractivity contribution is 6.06. The lowest BCUT2D eigenvalue weighted by Gasteiger charge is -2.36. The molecule has 0 unspecified atom stereocenters. The predicted molar refractivity (Wildman–Crippen MR) is 137 cm³/mol. The summed E-state index contributed by atoms with van der Waals surface area (Å²) in [4.78, 5) is 28.4. The van der Waals surface area contributed by atoms with E-state index in [0.29, 0.717) is 19.3 Å². The predicted octanol–water partition coefficient (Wildman–Crippen LogP) is 5.97. The molecule has 0 saturated heterocycles. The van der Waals surface area contributed by atoms with Crippen molar-refractivity contribution in [1.29, 1.82) is 0 Å². The summed E-state index contributed by atoms with van der Waals surface area (Å²) in [5, 5.41) is 3.11. The lowest BCUT2D eigenvalue weighted by molar-refractivity contribution is -0.125. The molecular weight excluding hydrogens is 420 g/mol. The number of para-hydroxylation sites is 1. The first-order chi connectivity index (χ1) is 16.5. The summed E-state index contributed by atoms with van der Waals surface area (Å²) in [5.41, 5.74) is 3.68. The molecule has 34 heavy (non-hydrogen) atoms. The van der Waals surface area contributed by atoms with Gasteiger partial charge in [-0.1, -0.05) is 92.7 Å². The van der Waals surface area contributed by atoms with Gasteiger partial charge in [0.05, 0.1) is 5.41 Å². The van der Waals surface area contributed by atoms with Gasteiger partial charge in [-0.05, 0) is 35.1 Å². The summed E-state index contributed by atoms with van der Waals surface area (Å²) in [6, 6.07) is 28.9. The van der Waals surface area contributed by atoms with Crippen molar-refractivity contribution >= 4 is 17.4 Å². The average Bonchev–Trinajstić information content (AvgIpc) is 3.15. The zero-order valence-corrected chi connectivity index (χ0v) is 20.2. The zero-order valence-electron chi connectivity index (χ0n) is 20.2. The van der Waals surface area contributed by atoms with Crippen molar-refractivity contribution in [3.05, 3.63) is 102 Å². The number of amides is 1. The van der Waals surface area contributed by atoms with Gasteiger partial charge in [0, 0.05) is 38.2 Å². The third kappa shape index (κ3) is 5.13. The van der Waals surface area contributed by atoms with Crippen molar-refractivity contribution in [3.8, 4) is 0 Å². The summed E-state index contributed by atoms with van der Waals surface area (Å²) in [6.07, 6.45) is 1.57. The van der Waals surface area contributed by atoms with E-state index in [1.54, 1.807) is 0 Å². The van der Waals surface area contributed by atoms with Crippen molar-refractivity contribution in [3.63, 3.8) is 0 Å². The van der Waals surface area contributed by atoms with Gasteiger partial charge in [0.2, 0.25) is 5.91 Å². The number of carbonyl (C=O) groups is 2.